The van der Waals surface area contributed by atoms with Gasteiger partial charge in [0.15, 0.2) is 0 Å². The third-order valence-electron chi connectivity index (χ3n) is 2.76. The Morgan fingerprint density at radius 2 is 2.13 bits per heavy atom. The second kappa shape index (κ2) is 6.80. The van der Waals surface area contributed by atoms with Gasteiger partial charge < -0.3 is 15.8 Å². The number of nitrogens with one attached hydrogen (secondary N) is 1. The molecular weight excluding hydrogens is 192 g/mol. The van der Waals surface area contributed by atoms with Crippen molar-refractivity contribution in [2.45, 2.75) is 51.2 Å². The van der Waals surface area contributed by atoms with E-state index in [0.29, 0.717) is 6.54 Å². The molecule has 0 spiro atoms. The lowest BCUT2D eigenvalue weighted by Crippen LogP contribution is -2.40. The average molecular weight is 214 g/mol. The van der Waals surface area contributed by atoms with E-state index in [4.69, 9.17) is 10.5 Å². The summed E-state index contributed by atoms with van der Waals surface area (Å²) >= 11 is 0. The highest BCUT2D eigenvalue weighted by Crippen LogP contribution is 2.19. The normalized spacial score (nSPS) is 19.9. The van der Waals surface area contributed by atoms with Gasteiger partial charge in [-0.05, 0) is 19.8 Å². The maximum Gasteiger partial charge on any atom is 0.246 e. The zero-order chi connectivity index (χ0) is 11.1. The van der Waals surface area contributed by atoms with Crippen LogP contribution >= 0.6 is 0 Å². The summed E-state index contributed by atoms with van der Waals surface area (Å²) in [6.45, 7) is 2.53. The number of amides is 1. The first kappa shape index (κ1) is 12.5. The zero-order valence-corrected chi connectivity index (χ0v) is 9.50. The van der Waals surface area contributed by atoms with Crippen LogP contribution in [0, 0.1) is 0 Å². The van der Waals surface area contributed by atoms with E-state index in [1.54, 1.807) is 0 Å². The molecule has 0 bridgehead atoms. The molecule has 1 saturated carbocycles. The van der Waals surface area contributed by atoms with Gasteiger partial charge in [-0.15, -0.1) is 0 Å². The van der Waals surface area contributed by atoms with Crippen LogP contribution in [-0.2, 0) is 9.53 Å². The minimum absolute atomic E-state index is 0.0347. The van der Waals surface area contributed by atoms with Gasteiger partial charge in [-0.25, -0.2) is 0 Å². The molecule has 1 rings (SSSR count). The Bertz CT molecular complexity index is 191. The number of hydrogen-bond donors (Lipinski definition) is 2. The van der Waals surface area contributed by atoms with Crippen molar-refractivity contribution in [3.05, 3.63) is 0 Å². The predicted molar refractivity (Wildman–Crippen MR) is 59.5 cm³/mol. The highest BCUT2D eigenvalue weighted by atomic mass is 16.5. The molecule has 0 heterocycles. The summed E-state index contributed by atoms with van der Waals surface area (Å²) in [4.78, 5) is 11.4. The van der Waals surface area contributed by atoms with Gasteiger partial charge in [-0.3, -0.25) is 4.79 Å². The van der Waals surface area contributed by atoms with Crippen molar-refractivity contribution in [2.75, 3.05) is 13.2 Å². The zero-order valence-electron chi connectivity index (χ0n) is 9.50. The quantitative estimate of drug-likeness (QED) is 0.711. The van der Waals surface area contributed by atoms with Crippen molar-refractivity contribution in [1.82, 2.24) is 5.32 Å². The SMILES string of the molecule is C[C@H](CN)NC(=O)COC1CCCCC1. The molecule has 0 unspecified atom stereocenters. The number of hydrogen-bond acceptors (Lipinski definition) is 3. The number of carbonyl (C=O) groups excluding carboxylic acids is 1. The molecule has 0 saturated heterocycles. The predicted octanol–water partition coefficient (Wildman–Crippen LogP) is 0.799. The molecule has 3 N–H and O–H groups in total. The van der Waals surface area contributed by atoms with E-state index >= 15 is 0 Å². The van der Waals surface area contributed by atoms with E-state index in [2.05, 4.69) is 5.32 Å². The molecule has 88 valence electrons. The van der Waals surface area contributed by atoms with Crippen molar-refractivity contribution in [2.24, 2.45) is 5.73 Å². The van der Waals surface area contributed by atoms with Gasteiger partial charge in [-0.1, -0.05) is 19.3 Å². The van der Waals surface area contributed by atoms with Gasteiger partial charge >= 0.3 is 0 Å². The molecule has 4 nitrogen and oxygen atoms in total. The van der Waals surface area contributed by atoms with Crippen LogP contribution in [-0.4, -0.2) is 31.2 Å². The lowest BCUT2D eigenvalue weighted by Gasteiger charge is -2.22. The molecule has 0 aromatic rings. The van der Waals surface area contributed by atoms with Crippen LogP contribution in [0.5, 0.6) is 0 Å². The fourth-order valence-corrected chi connectivity index (χ4v) is 1.80. The maximum absolute atomic E-state index is 11.4. The van der Waals surface area contributed by atoms with Crippen LogP contribution in [0.3, 0.4) is 0 Å². The highest BCUT2D eigenvalue weighted by molar-refractivity contribution is 5.77. The van der Waals surface area contributed by atoms with Crippen molar-refractivity contribution in [3.63, 3.8) is 0 Å². The number of rotatable bonds is 5. The van der Waals surface area contributed by atoms with Crippen LogP contribution in [0.4, 0.5) is 0 Å². The van der Waals surface area contributed by atoms with Crippen LogP contribution in [0.1, 0.15) is 39.0 Å². The first-order valence-corrected chi connectivity index (χ1v) is 5.83. The minimum Gasteiger partial charge on any atom is -0.368 e. The number of nitrogens with two attached hydrogens (primary N) is 1. The van der Waals surface area contributed by atoms with Gasteiger partial charge in [0.25, 0.3) is 0 Å². The van der Waals surface area contributed by atoms with Gasteiger partial charge in [0.2, 0.25) is 5.91 Å². The fourth-order valence-electron chi connectivity index (χ4n) is 1.80. The molecule has 1 fully saturated rings. The average Bonchev–Trinajstić information content (AvgIpc) is 2.27. The van der Waals surface area contributed by atoms with Gasteiger partial charge in [0.05, 0.1) is 6.10 Å². The van der Waals surface area contributed by atoms with Crippen molar-refractivity contribution in [3.8, 4) is 0 Å². The monoisotopic (exact) mass is 214 g/mol. The van der Waals surface area contributed by atoms with E-state index in [0.717, 1.165) is 12.8 Å². The smallest absolute Gasteiger partial charge is 0.246 e. The van der Waals surface area contributed by atoms with Crippen molar-refractivity contribution in [1.29, 1.82) is 0 Å². The topological polar surface area (TPSA) is 64.3 Å². The van der Waals surface area contributed by atoms with E-state index in [-0.39, 0.29) is 24.7 Å². The summed E-state index contributed by atoms with van der Waals surface area (Å²) in [5.41, 5.74) is 5.40. The molecule has 1 amide bonds. The molecule has 0 aromatic carbocycles. The summed E-state index contributed by atoms with van der Waals surface area (Å²) in [5.74, 6) is -0.0569. The van der Waals surface area contributed by atoms with Gasteiger partial charge in [-0.2, -0.15) is 0 Å². The summed E-state index contributed by atoms with van der Waals surface area (Å²) in [6.07, 6.45) is 6.24. The Balaban J connectivity index is 2.10. The molecule has 4 heteroatoms. The van der Waals surface area contributed by atoms with Crippen molar-refractivity contribution >= 4 is 5.91 Å². The van der Waals surface area contributed by atoms with Gasteiger partial charge in [0, 0.05) is 12.6 Å². The summed E-state index contributed by atoms with van der Waals surface area (Å²) in [6, 6.07) is 0.0347. The first-order valence-electron chi connectivity index (χ1n) is 5.83. The third kappa shape index (κ3) is 5.14. The molecule has 0 aromatic heterocycles. The van der Waals surface area contributed by atoms with Crippen LogP contribution in [0.15, 0.2) is 0 Å². The first-order chi connectivity index (χ1) is 7.22. The van der Waals surface area contributed by atoms with Crippen molar-refractivity contribution < 1.29 is 9.53 Å². The second-order valence-corrected chi connectivity index (χ2v) is 4.28. The summed E-state index contributed by atoms with van der Waals surface area (Å²) < 4.78 is 5.54. The van der Waals surface area contributed by atoms with Crippen LogP contribution in [0.25, 0.3) is 0 Å². The Morgan fingerprint density at radius 3 is 2.73 bits per heavy atom. The van der Waals surface area contributed by atoms with Crippen LogP contribution < -0.4 is 11.1 Å². The van der Waals surface area contributed by atoms with Crippen LogP contribution in [0.2, 0.25) is 0 Å². The standard InChI is InChI=1S/C11H22N2O2/c1-9(7-12)13-11(14)8-15-10-5-3-2-4-6-10/h9-10H,2-8,12H2,1H3,(H,13,14)/t9-/m1/s1. The Hall–Kier alpha value is -0.610. The molecule has 1 aliphatic carbocycles. The van der Waals surface area contributed by atoms with E-state index in [9.17, 15) is 4.79 Å². The Kier molecular flexibility index (Phi) is 5.65. The minimum atomic E-state index is -0.0569. The third-order valence-corrected chi connectivity index (χ3v) is 2.76. The molecule has 1 atom stereocenters. The largest absolute Gasteiger partial charge is 0.368 e. The highest BCUT2D eigenvalue weighted by Gasteiger charge is 2.15. The lowest BCUT2D eigenvalue weighted by atomic mass is 9.98. The van der Waals surface area contributed by atoms with E-state index in [1.807, 2.05) is 6.92 Å². The Morgan fingerprint density at radius 1 is 1.47 bits per heavy atom. The van der Waals surface area contributed by atoms with E-state index in [1.165, 1.54) is 19.3 Å². The summed E-state index contributed by atoms with van der Waals surface area (Å²) in [5, 5.41) is 2.78. The molecule has 0 radical (unpaired) electrons. The Labute approximate surface area is 91.5 Å². The molecule has 15 heavy (non-hydrogen) atoms. The second-order valence-electron chi connectivity index (χ2n) is 4.28. The molecule has 0 aliphatic heterocycles. The summed E-state index contributed by atoms with van der Waals surface area (Å²) in [7, 11) is 0. The lowest BCUT2D eigenvalue weighted by molar-refractivity contribution is -0.128. The van der Waals surface area contributed by atoms with E-state index < -0.39 is 0 Å². The van der Waals surface area contributed by atoms with Gasteiger partial charge in [0.1, 0.15) is 6.61 Å². The number of carbonyl (C=O) groups is 1. The molecule has 1 aliphatic rings. The number of ether oxygens (including phenoxy) is 1. The molecular formula is C11H22N2O2. The fraction of sp³-hybridized carbons (Fsp3) is 0.909. The maximum atomic E-state index is 11.4.